The lowest BCUT2D eigenvalue weighted by Crippen LogP contribution is -2.06. The van der Waals surface area contributed by atoms with Crippen LogP contribution in [0.25, 0.3) is 22.6 Å². The summed E-state index contributed by atoms with van der Waals surface area (Å²) in [6.07, 6.45) is 0. The van der Waals surface area contributed by atoms with Crippen molar-refractivity contribution < 1.29 is 0 Å². The molecule has 0 aliphatic carbocycles. The molecule has 0 unspecified atom stereocenters. The van der Waals surface area contributed by atoms with E-state index in [9.17, 15) is 10.5 Å². The third-order valence-electron chi connectivity index (χ3n) is 3.32. The minimum absolute atomic E-state index is 0.329. The van der Waals surface area contributed by atoms with Gasteiger partial charge in [-0.1, -0.05) is 60.7 Å². The van der Waals surface area contributed by atoms with E-state index in [1.54, 1.807) is 0 Å². The molecule has 1 heterocycles. The van der Waals surface area contributed by atoms with Gasteiger partial charge in [0.1, 0.15) is 11.4 Å². The first-order chi connectivity index (χ1) is 11.3. The smallest absolute Gasteiger partial charge is 0.182 e. The fourth-order valence-electron chi connectivity index (χ4n) is 2.20. The molecule has 3 rings (SSSR count). The van der Waals surface area contributed by atoms with Crippen molar-refractivity contribution in [3.63, 3.8) is 0 Å². The summed E-state index contributed by atoms with van der Waals surface area (Å²) >= 11 is 0. The molecular weight excluding hydrogens is 286 g/mol. The average Bonchev–Trinajstić information content (AvgIpc) is 2.64. The predicted octanol–water partition coefficient (Wildman–Crippen LogP) is 3.34. The number of benzene rings is 2. The molecule has 1 aromatic heterocycles. The predicted molar refractivity (Wildman–Crippen MR) is 84.7 cm³/mol. The van der Waals surface area contributed by atoms with Crippen LogP contribution >= 0.6 is 0 Å². The largest absolute Gasteiger partial charge is 0.227 e. The van der Waals surface area contributed by atoms with Crippen LogP contribution in [0.15, 0.2) is 60.7 Å². The number of hydrogen-bond acceptors (Lipinski definition) is 5. The summed E-state index contributed by atoms with van der Waals surface area (Å²) in [5.74, 6) is -0.598. The van der Waals surface area contributed by atoms with Crippen molar-refractivity contribution in [2.75, 3.05) is 0 Å². The highest BCUT2D eigenvalue weighted by Gasteiger charge is 2.20. The number of nitrogens with zero attached hydrogens (tertiary/aromatic N) is 5. The molecule has 0 radical (unpaired) electrons. The van der Waals surface area contributed by atoms with Crippen LogP contribution in [0.1, 0.15) is 11.6 Å². The van der Waals surface area contributed by atoms with Crippen molar-refractivity contribution >= 4 is 0 Å². The zero-order chi connectivity index (χ0) is 16.1. The summed E-state index contributed by atoms with van der Waals surface area (Å²) in [5, 5.41) is 26.9. The van der Waals surface area contributed by atoms with Crippen LogP contribution in [0.5, 0.6) is 0 Å². The second-order valence-corrected chi connectivity index (χ2v) is 4.79. The molecule has 0 aliphatic heterocycles. The molecule has 5 heteroatoms. The summed E-state index contributed by atoms with van der Waals surface area (Å²) in [5.41, 5.74) is 2.35. The van der Waals surface area contributed by atoms with E-state index in [0.717, 1.165) is 11.1 Å². The van der Waals surface area contributed by atoms with Gasteiger partial charge < -0.3 is 0 Å². The number of rotatable bonds is 3. The first-order valence-corrected chi connectivity index (χ1v) is 6.98. The first-order valence-electron chi connectivity index (χ1n) is 6.98. The summed E-state index contributed by atoms with van der Waals surface area (Å²) in [7, 11) is 0. The quantitative estimate of drug-likeness (QED) is 0.740. The molecule has 5 nitrogen and oxygen atoms in total. The van der Waals surface area contributed by atoms with E-state index in [0.29, 0.717) is 17.2 Å². The maximum absolute atomic E-state index is 9.25. The monoisotopic (exact) mass is 297 g/mol. The highest BCUT2D eigenvalue weighted by atomic mass is 15.2. The molecule has 0 fully saturated rings. The van der Waals surface area contributed by atoms with E-state index in [1.807, 2.05) is 72.8 Å². The Balaban J connectivity index is 2.19. The standard InChI is InChI=1S/C18H11N5/c19-11-15(12-20)16-17(13-7-3-1-4-8-13)22-23-18(21-16)14-9-5-2-6-10-14/h1-10,15H. The van der Waals surface area contributed by atoms with Crippen molar-refractivity contribution in [3.05, 3.63) is 66.4 Å². The van der Waals surface area contributed by atoms with Gasteiger partial charge in [0.25, 0.3) is 0 Å². The highest BCUT2D eigenvalue weighted by Crippen LogP contribution is 2.27. The second kappa shape index (κ2) is 6.46. The summed E-state index contributed by atoms with van der Waals surface area (Å²) in [6.45, 7) is 0. The first kappa shape index (κ1) is 14.4. The van der Waals surface area contributed by atoms with Crippen molar-refractivity contribution in [2.24, 2.45) is 0 Å². The van der Waals surface area contributed by atoms with Gasteiger partial charge in [-0.15, -0.1) is 10.2 Å². The van der Waals surface area contributed by atoms with Gasteiger partial charge in [0, 0.05) is 11.1 Å². The maximum Gasteiger partial charge on any atom is 0.182 e. The Morgan fingerprint density at radius 1 is 0.739 bits per heavy atom. The normalized spacial score (nSPS) is 10.0. The Labute approximate surface area is 133 Å². The Morgan fingerprint density at radius 2 is 1.30 bits per heavy atom. The summed E-state index contributed by atoms with van der Waals surface area (Å²) in [4.78, 5) is 4.44. The average molecular weight is 297 g/mol. The van der Waals surface area contributed by atoms with Crippen molar-refractivity contribution in [1.82, 2.24) is 15.2 Å². The fraction of sp³-hybridized carbons (Fsp3) is 0.0556. The minimum Gasteiger partial charge on any atom is -0.227 e. The van der Waals surface area contributed by atoms with E-state index in [-0.39, 0.29) is 0 Å². The molecule has 0 saturated heterocycles. The third-order valence-corrected chi connectivity index (χ3v) is 3.32. The van der Waals surface area contributed by atoms with Crippen molar-refractivity contribution in [2.45, 2.75) is 5.92 Å². The van der Waals surface area contributed by atoms with Crippen LogP contribution in [0.2, 0.25) is 0 Å². The lowest BCUT2D eigenvalue weighted by Gasteiger charge is -2.09. The van der Waals surface area contributed by atoms with E-state index >= 15 is 0 Å². The molecule has 0 bridgehead atoms. The van der Waals surface area contributed by atoms with E-state index in [1.165, 1.54) is 0 Å². The molecule has 0 atom stereocenters. The lowest BCUT2D eigenvalue weighted by molar-refractivity contribution is 0.910. The van der Waals surface area contributed by atoms with Gasteiger partial charge in [-0.25, -0.2) is 4.98 Å². The minimum atomic E-state index is -0.997. The topological polar surface area (TPSA) is 86.2 Å². The van der Waals surface area contributed by atoms with Gasteiger partial charge >= 0.3 is 0 Å². The zero-order valence-corrected chi connectivity index (χ0v) is 12.1. The number of hydrogen-bond donors (Lipinski definition) is 0. The Morgan fingerprint density at radius 3 is 1.87 bits per heavy atom. The highest BCUT2D eigenvalue weighted by molar-refractivity contribution is 5.65. The van der Waals surface area contributed by atoms with Gasteiger partial charge in [0.05, 0.1) is 12.1 Å². The number of nitriles is 2. The molecule has 2 aromatic carbocycles. The molecule has 0 aliphatic rings. The third kappa shape index (κ3) is 2.90. The molecule has 0 saturated carbocycles. The van der Waals surface area contributed by atoms with Crippen LogP contribution in [0.3, 0.4) is 0 Å². The van der Waals surface area contributed by atoms with Gasteiger partial charge in [0.2, 0.25) is 0 Å². The van der Waals surface area contributed by atoms with E-state index < -0.39 is 5.92 Å². The van der Waals surface area contributed by atoms with Crippen molar-refractivity contribution in [3.8, 4) is 34.8 Å². The van der Waals surface area contributed by atoms with Gasteiger partial charge in [-0.2, -0.15) is 10.5 Å². The molecular formula is C18H11N5. The molecule has 3 aromatic rings. The van der Waals surface area contributed by atoms with Crippen LogP contribution < -0.4 is 0 Å². The second-order valence-electron chi connectivity index (χ2n) is 4.79. The van der Waals surface area contributed by atoms with Gasteiger partial charge in [0.15, 0.2) is 11.7 Å². The van der Waals surface area contributed by atoms with Crippen LogP contribution in [0, 0.1) is 22.7 Å². The van der Waals surface area contributed by atoms with Crippen LogP contribution in [0.4, 0.5) is 0 Å². The maximum atomic E-state index is 9.25. The Bertz CT molecular complexity index is 878. The SMILES string of the molecule is N#CC(C#N)c1nc(-c2ccccc2)nnc1-c1ccccc1. The molecule has 0 amide bonds. The molecule has 0 N–H and O–H groups in total. The van der Waals surface area contributed by atoms with Gasteiger partial charge in [-0.3, -0.25) is 0 Å². The van der Waals surface area contributed by atoms with E-state index in [2.05, 4.69) is 15.2 Å². The lowest BCUT2D eigenvalue weighted by atomic mass is 10.0. The van der Waals surface area contributed by atoms with Crippen LogP contribution in [-0.2, 0) is 0 Å². The van der Waals surface area contributed by atoms with Crippen LogP contribution in [-0.4, -0.2) is 15.2 Å². The van der Waals surface area contributed by atoms with Gasteiger partial charge in [-0.05, 0) is 0 Å². The summed E-state index contributed by atoms with van der Waals surface area (Å²) < 4.78 is 0. The number of aromatic nitrogens is 3. The van der Waals surface area contributed by atoms with E-state index in [4.69, 9.17) is 0 Å². The summed E-state index contributed by atoms with van der Waals surface area (Å²) in [6, 6.07) is 22.6. The fourth-order valence-corrected chi connectivity index (χ4v) is 2.20. The zero-order valence-electron chi connectivity index (χ0n) is 12.1. The molecule has 108 valence electrons. The Kier molecular flexibility index (Phi) is 4.04. The molecule has 0 spiro atoms. The molecule has 23 heavy (non-hydrogen) atoms. The Hall–Kier alpha value is -3.57. The van der Waals surface area contributed by atoms with Crippen molar-refractivity contribution in [1.29, 1.82) is 10.5 Å².